The minimum atomic E-state index is 0.758. The third-order valence-electron chi connectivity index (χ3n) is 3.41. The quantitative estimate of drug-likeness (QED) is 0.442. The zero-order valence-corrected chi connectivity index (χ0v) is 13.5. The van der Waals surface area contributed by atoms with Gasteiger partial charge in [0, 0.05) is 51.4 Å². The number of hydrogen-bond acceptors (Lipinski definition) is 3. The Morgan fingerprint density at radius 3 is 2.95 bits per heavy atom. The lowest BCUT2D eigenvalue weighted by atomic mass is 10.2. The molecule has 1 heterocycles. The van der Waals surface area contributed by atoms with E-state index in [-0.39, 0.29) is 0 Å². The molecule has 0 aromatic heterocycles. The third kappa shape index (κ3) is 6.52. The van der Waals surface area contributed by atoms with Crippen molar-refractivity contribution >= 4 is 17.7 Å². The summed E-state index contributed by atoms with van der Waals surface area (Å²) in [5.74, 6) is 2.29. The van der Waals surface area contributed by atoms with Gasteiger partial charge in [0.2, 0.25) is 0 Å². The third-order valence-corrected chi connectivity index (χ3v) is 4.79. The first kappa shape index (κ1) is 16.6. The van der Waals surface area contributed by atoms with Crippen LogP contribution in [-0.2, 0) is 4.74 Å². The summed E-state index contributed by atoms with van der Waals surface area (Å²) in [6.45, 7) is 6.40. The van der Waals surface area contributed by atoms with Crippen LogP contribution >= 0.6 is 11.8 Å². The summed E-state index contributed by atoms with van der Waals surface area (Å²) in [7, 11) is 3.65. The zero-order chi connectivity index (χ0) is 13.9. The normalized spacial score (nSPS) is 20.7. The summed E-state index contributed by atoms with van der Waals surface area (Å²) in [6.07, 6.45) is 4.79. The van der Waals surface area contributed by atoms with E-state index in [1.54, 1.807) is 7.11 Å². The highest BCUT2D eigenvalue weighted by Gasteiger charge is 2.20. The molecule has 0 amide bonds. The van der Waals surface area contributed by atoms with Crippen molar-refractivity contribution in [1.29, 1.82) is 0 Å². The molecule has 1 unspecified atom stereocenters. The molecule has 0 aromatic rings. The van der Waals surface area contributed by atoms with E-state index in [0.717, 1.165) is 43.9 Å². The maximum absolute atomic E-state index is 5.06. The molecule has 1 aliphatic rings. The summed E-state index contributed by atoms with van der Waals surface area (Å²) in [4.78, 5) is 6.81. The Labute approximate surface area is 122 Å². The van der Waals surface area contributed by atoms with Crippen molar-refractivity contribution in [2.45, 2.75) is 37.9 Å². The van der Waals surface area contributed by atoms with Gasteiger partial charge in [0.15, 0.2) is 5.96 Å². The van der Waals surface area contributed by atoms with Crippen LogP contribution in [0.4, 0.5) is 0 Å². The zero-order valence-electron chi connectivity index (χ0n) is 12.7. The van der Waals surface area contributed by atoms with Gasteiger partial charge in [0.1, 0.15) is 0 Å². The largest absolute Gasteiger partial charge is 0.385 e. The molecule has 112 valence electrons. The van der Waals surface area contributed by atoms with Crippen LogP contribution in [0.3, 0.4) is 0 Å². The number of thioether (sulfide) groups is 1. The molecule has 1 N–H and O–H groups in total. The minimum absolute atomic E-state index is 0.758. The molecule has 0 aliphatic carbocycles. The van der Waals surface area contributed by atoms with Gasteiger partial charge in [-0.3, -0.25) is 4.99 Å². The van der Waals surface area contributed by atoms with Gasteiger partial charge >= 0.3 is 0 Å². The summed E-state index contributed by atoms with van der Waals surface area (Å²) in [5.41, 5.74) is 0. The molecule has 1 rings (SSSR count). The smallest absolute Gasteiger partial charge is 0.193 e. The average Bonchev–Trinajstić information content (AvgIpc) is 2.46. The maximum atomic E-state index is 5.06. The number of guanidine groups is 1. The van der Waals surface area contributed by atoms with Crippen molar-refractivity contribution in [3.63, 3.8) is 0 Å². The van der Waals surface area contributed by atoms with Gasteiger partial charge in [-0.2, -0.15) is 11.8 Å². The Hall–Kier alpha value is -0.420. The van der Waals surface area contributed by atoms with Crippen molar-refractivity contribution < 1.29 is 4.74 Å². The molecule has 0 aromatic carbocycles. The highest BCUT2D eigenvalue weighted by Crippen LogP contribution is 2.20. The van der Waals surface area contributed by atoms with Gasteiger partial charge in [0.05, 0.1) is 0 Å². The number of nitrogens with one attached hydrogen (secondary N) is 1. The van der Waals surface area contributed by atoms with E-state index in [1.165, 1.54) is 25.0 Å². The number of ether oxygens (including phenoxy) is 1. The fourth-order valence-corrected chi connectivity index (χ4v) is 3.42. The molecule has 0 spiro atoms. The number of hydrogen-bond donors (Lipinski definition) is 1. The molecule has 19 heavy (non-hydrogen) atoms. The maximum Gasteiger partial charge on any atom is 0.193 e. The van der Waals surface area contributed by atoms with Crippen molar-refractivity contribution in [1.82, 2.24) is 10.2 Å². The van der Waals surface area contributed by atoms with Gasteiger partial charge < -0.3 is 15.0 Å². The number of aliphatic imine (C=N–C) groups is 1. The lowest BCUT2D eigenvalue weighted by Crippen LogP contribution is -2.48. The molecule has 0 radical (unpaired) electrons. The van der Waals surface area contributed by atoms with E-state index < -0.39 is 0 Å². The highest BCUT2D eigenvalue weighted by molar-refractivity contribution is 8.00. The lowest BCUT2D eigenvalue weighted by molar-refractivity contribution is 0.192. The van der Waals surface area contributed by atoms with E-state index in [2.05, 4.69) is 33.9 Å². The molecule has 1 saturated heterocycles. The van der Waals surface area contributed by atoms with Crippen LogP contribution in [0.1, 0.15) is 32.6 Å². The molecule has 0 saturated carbocycles. The Kier molecular flexibility index (Phi) is 9.08. The van der Waals surface area contributed by atoms with E-state index in [9.17, 15) is 0 Å². The van der Waals surface area contributed by atoms with Crippen LogP contribution in [0, 0.1) is 0 Å². The van der Waals surface area contributed by atoms with Crippen LogP contribution in [0.2, 0.25) is 0 Å². The number of nitrogens with zero attached hydrogens (tertiary/aromatic N) is 2. The second-order valence-corrected chi connectivity index (χ2v) is 6.28. The average molecular weight is 287 g/mol. The second-order valence-electron chi connectivity index (χ2n) is 4.87. The predicted octanol–water partition coefficient (Wildman–Crippen LogP) is 2.21. The number of rotatable bonds is 7. The van der Waals surface area contributed by atoms with E-state index in [0.29, 0.717) is 0 Å². The molecule has 0 bridgehead atoms. The Bertz CT molecular complexity index is 261. The molecule has 1 aliphatic heterocycles. The second kappa shape index (κ2) is 10.4. The summed E-state index contributed by atoms with van der Waals surface area (Å²) in [5, 5.41) is 4.24. The molecule has 1 fully saturated rings. The summed E-state index contributed by atoms with van der Waals surface area (Å²) < 4.78 is 5.06. The van der Waals surface area contributed by atoms with Gasteiger partial charge in [-0.1, -0.05) is 6.92 Å². The molecular formula is C14H29N3OS. The standard InChI is InChI=1S/C14H29N3OS/c1-4-13-12-17(9-11-19-13)14(15-2)16-8-6-5-7-10-18-3/h13H,4-12H2,1-3H3,(H,15,16). The minimum Gasteiger partial charge on any atom is -0.385 e. The van der Waals surface area contributed by atoms with Crippen molar-refractivity contribution in [2.24, 2.45) is 4.99 Å². The van der Waals surface area contributed by atoms with Crippen molar-refractivity contribution in [2.75, 3.05) is 46.2 Å². The van der Waals surface area contributed by atoms with Gasteiger partial charge in [-0.25, -0.2) is 0 Å². The van der Waals surface area contributed by atoms with Crippen LogP contribution in [0.15, 0.2) is 4.99 Å². The van der Waals surface area contributed by atoms with Gasteiger partial charge in [-0.15, -0.1) is 0 Å². The van der Waals surface area contributed by atoms with Crippen molar-refractivity contribution in [3.8, 4) is 0 Å². The van der Waals surface area contributed by atoms with Crippen LogP contribution in [0.25, 0.3) is 0 Å². The highest BCUT2D eigenvalue weighted by atomic mass is 32.2. The Morgan fingerprint density at radius 1 is 1.42 bits per heavy atom. The first-order valence-electron chi connectivity index (χ1n) is 7.38. The lowest BCUT2D eigenvalue weighted by Gasteiger charge is -2.34. The van der Waals surface area contributed by atoms with E-state index >= 15 is 0 Å². The van der Waals surface area contributed by atoms with Crippen LogP contribution in [-0.4, -0.2) is 62.3 Å². The molecule has 4 nitrogen and oxygen atoms in total. The first-order valence-corrected chi connectivity index (χ1v) is 8.42. The number of unbranched alkanes of at least 4 members (excludes halogenated alkanes) is 2. The molecule has 1 atom stereocenters. The fourth-order valence-electron chi connectivity index (χ4n) is 2.24. The van der Waals surface area contributed by atoms with Crippen molar-refractivity contribution in [3.05, 3.63) is 0 Å². The summed E-state index contributed by atoms with van der Waals surface area (Å²) in [6, 6.07) is 0. The van der Waals surface area contributed by atoms with Gasteiger partial charge in [0.25, 0.3) is 0 Å². The van der Waals surface area contributed by atoms with E-state index in [4.69, 9.17) is 4.74 Å². The summed E-state index contributed by atoms with van der Waals surface area (Å²) >= 11 is 2.09. The Morgan fingerprint density at radius 2 is 2.26 bits per heavy atom. The fraction of sp³-hybridized carbons (Fsp3) is 0.929. The van der Waals surface area contributed by atoms with Gasteiger partial charge in [-0.05, 0) is 25.7 Å². The Balaban J connectivity index is 2.21. The van der Waals surface area contributed by atoms with E-state index in [1.807, 2.05) is 7.05 Å². The molecular weight excluding hydrogens is 258 g/mol. The first-order chi connectivity index (χ1) is 9.31. The number of methoxy groups -OCH3 is 1. The van der Waals surface area contributed by atoms with Crippen LogP contribution < -0.4 is 5.32 Å². The molecule has 5 heteroatoms. The topological polar surface area (TPSA) is 36.9 Å². The predicted molar refractivity (Wildman–Crippen MR) is 85.2 cm³/mol. The SMILES string of the molecule is CCC1CN(C(=NC)NCCCCCOC)CCS1. The van der Waals surface area contributed by atoms with Crippen LogP contribution in [0.5, 0.6) is 0 Å². The monoisotopic (exact) mass is 287 g/mol.